The van der Waals surface area contributed by atoms with E-state index < -0.39 is 23.3 Å². The highest BCUT2D eigenvalue weighted by Crippen LogP contribution is 2.50. The van der Waals surface area contributed by atoms with E-state index in [1.54, 1.807) is 17.3 Å². The molecule has 3 fully saturated rings. The van der Waals surface area contributed by atoms with E-state index in [0.29, 0.717) is 31.4 Å². The number of benzene rings is 1. The van der Waals surface area contributed by atoms with E-state index in [1.807, 2.05) is 16.6 Å². The molecule has 0 aliphatic carbocycles. The Bertz CT molecular complexity index is 1150. The molecule has 1 spiro atoms. The molecule has 31 heavy (non-hydrogen) atoms. The topological polar surface area (TPSA) is 63.0 Å². The monoisotopic (exact) mass is 425 g/mol. The van der Waals surface area contributed by atoms with Crippen LogP contribution < -0.4 is 4.90 Å². The summed E-state index contributed by atoms with van der Waals surface area (Å²) in [6.07, 6.45) is 4.91. The maximum atomic E-state index is 13.7. The van der Waals surface area contributed by atoms with Gasteiger partial charge in [0, 0.05) is 37.0 Å². The average Bonchev–Trinajstić information content (AvgIpc) is 3.45. The molecule has 2 aromatic heterocycles. The fourth-order valence-electron chi connectivity index (χ4n) is 5.41. The first-order valence-corrected chi connectivity index (χ1v) is 10.5. The number of aromatic nitrogens is 3. The lowest BCUT2D eigenvalue weighted by molar-refractivity contribution is -0.143. The summed E-state index contributed by atoms with van der Waals surface area (Å²) >= 11 is 0. The molecular weight excluding hydrogens is 404 g/mol. The van der Waals surface area contributed by atoms with Crippen LogP contribution in [0.2, 0.25) is 0 Å². The van der Waals surface area contributed by atoms with Crippen LogP contribution in [0.25, 0.3) is 5.65 Å². The van der Waals surface area contributed by atoms with Crippen LogP contribution in [0, 0.1) is 17.0 Å². The molecule has 7 nitrogen and oxygen atoms in total. The first-order valence-electron chi connectivity index (χ1n) is 10.5. The second kappa shape index (κ2) is 6.71. The van der Waals surface area contributed by atoms with Gasteiger partial charge in [0.05, 0.1) is 24.3 Å². The fourth-order valence-corrected chi connectivity index (χ4v) is 5.41. The number of fused-ring (bicyclic) bond motifs is 2. The molecule has 160 valence electrons. The number of rotatable bonds is 2. The molecule has 6 rings (SSSR count). The number of hydrogen-bond donors (Lipinski definition) is 0. The van der Waals surface area contributed by atoms with Crippen molar-refractivity contribution >= 4 is 17.4 Å². The van der Waals surface area contributed by atoms with Crippen LogP contribution in [-0.4, -0.2) is 51.1 Å². The summed E-state index contributed by atoms with van der Waals surface area (Å²) in [7, 11) is 0. The number of ether oxygens (including phenoxy) is 1. The van der Waals surface area contributed by atoms with Crippen LogP contribution >= 0.6 is 0 Å². The summed E-state index contributed by atoms with van der Waals surface area (Å²) in [5.74, 6) is -0.339. The van der Waals surface area contributed by atoms with Crippen molar-refractivity contribution in [3.8, 4) is 0 Å². The summed E-state index contributed by atoms with van der Waals surface area (Å²) < 4.78 is 35.1. The van der Waals surface area contributed by atoms with Gasteiger partial charge >= 0.3 is 0 Å². The lowest BCUT2D eigenvalue weighted by Gasteiger charge is -2.39. The zero-order chi connectivity index (χ0) is 21.2. The smallest absolute Gasteiger partial charge is 0.231 e. The fraction of sp³-hybridized carbons (Fsp3) is 0.409. The molecule has 3 aliphatic rings. The Kier molecular flexibility index (Phi) is 4.05. The van der Waals surface area contributed by atoms with E-state index in [-0.39, 0.29) is 11.9 Å². The second-order valence-electron chi connectivity index (χ2n) is 8.63. The Labute approximate surface area is 177 Å². The van der Waals surface area contributed by atoms with Crippen LogP contribution in [0.1, 0.15) is 31.1 Å². The number of halogens is 2. The van der Waals surface area contributed by atoms with Crippen molar-refractivity contribution in [2.75, 3.05) is 24.6 Å². The molecular formula is C22H21F2N5O2. The molecule has 0 saturated carbocycles. The van der Waals surface area contributed by atoms with E-state index >= 15 is 0 Å². The van der Waals surface area contributed by atoms with Crippen molar-refractivity contribution in [3.05, 3.63) is 59.9 Å². The van der Waals surface area contributed by atoms with E-state index in [2.05, 4.69) is 15.0 Å². The van der Waals surface area contributed by atoms with Crippen LogP contribution in [0.15, 0.2) is 42.7 Å². The zero-order valence-corrected chi connectivity index (χ0v) is 16.7. The van der Waals surface area contributed by atoms with Gasteiger partial charge in [0.25, 0.3) is 0 Å². The van der Waals surface area contributed by atoms with Gasteiger partial charge in [-0.25, -0.2) is 13.8 Å². The molecule has 0 bridgehead atoms. The van der Waals surface area contributed by atoms with Gasteiger partial charge in [0.15, 0.2) is 11.9 Å². The summed E-state index contributed by atoms with van der Waals surface area (Å²) in [5.41, 5.74) is 0.684. The highest BCUT2D eigenvalue weighted by molar-refractivity contribution is 5.86. The van der Waals surface area contributed by atoms with Crippen molar-refractivity contribution in [1.29, 1.82) is 0 Å². The van der Waals surface area contributed by atoms with Gasteiger partial charge in [0.2, 0.25) is 5.91 Å². The van der Waals surface area contributed by atoms with Crippen LogP contribution in [-0.2, 0) is 9.53 Å². The van der Waals surface area contributed by atoms with Gasteiger partial charge in [-0.2, -0.15) is 9.61 Å². The molecule has 3 aliphatic heterocycles. The quantitative estimate of drug-likeness (QED) is 0.632. The Hall–Kier alpha value is -3.07. The Morgan fingerprint density at radius 2 is 1.84 bits per heavy atom. The van der Waals surface area contributed by atoms with Gasteiger partial charge in [0.1, 0.15) is 17.5 Å². The van der Waals surface area contributed by atoms with Crippen molar-refractivity contribution in [3.63, 3.8) is 0 Å². The first-order chi connectivity index (χ1) is 15.0. The maximum Gasteiger partial charge on any atom is 0.231 e. The third-order valence-electron chi connectivity index (χ3n) is 6.89. The van der Waals surface area contributed by atoms with Gasteiger partial charge in [-0.3, -0.25) is 4.79 Å². The number of amides is 1. The number of piperidine rings is 1. The van der Waals surface area contributed by atoms with Crippen molar-refractivity contribution in [2.24, 2.45) is 5.41 Å². The van der Waals surface area contributed by atoms with Crippen molar-refractivity contribution in [1.82, 2.24) is 19.5 Å². The lowest BCUT2D eigenvalue weighted by atomic mass is 9.76. The molecule has 1 aromatic carbocycles. The maximum absolute atomic E-state index is 13.7. The Morgan fingerprint density at radius 1 is 1.06 bits per heavy atom. The number of anilines is 1. The minimum Gasteiger partial charge on any atom is -0.356 e. The van der Waals surface area contributed by atoms with E-state index in [4.69, 9.17) is 4.74 Å². The van der Waals surface area contributed by atoms with E-state index in [0.717, 1.165) is 30.6 Å². The van der Waals surface area contributed by atoms with Gasteiger partial charge in [-0.1, -0.05) is 0 Å². The summed E-state index contributed by atoms with van der Waals surface area (Å²) in [6, 6.07) is 7.06. The molecule has 0 N–H and O–H groups in total. The van der Waals surface area contributed by atoms with E-state index in [1.165, 1.54) is 12.1 Å². The molecule has 3 saturated heterocycles. The lowest BCUT2D eigenvalue weighted by Crippen LogP contribution is -2.45. The van der Waals surface area contributed by atoms with E-state index in [9.17, 15) is 13.6 Å². The largest absolute Gasteiger partial charge is 0.356 e. The second-order valence-corrected chi connectivity index (χ2v) is 8.63. The van der Waals surface area contributed by atoms with Crippen LogP contribution in [0.3, 0.4) is 0 Å². The standard InChI is InChI=1S/C22H21F2N5O2/c23-15-9-14(10-16(24)11-15)20-28-17(13-31-20)12-22(21(28)30)3-7-27(8-4-22)19-2-5-25-18-1-6-26-29(18)19/h1-2,5-6,9-11,17,20H,3-4,7-8,12-13H2/t17-,20?/m1/s1. The number of carbonyl (C=O) groups excluding carboxylic acids is 1. The Balaban J connectivity index is 1.24. The highest BCUT2D eigenvalue weighted by atomic mass is 19.1. The normalized spacial score (nSPS) is 25.0. The first kappa shape index (κ1) is 18.7. The molecule has 5 heterocycles. The predicted molar refractivity (Wildman–Crippen MR) is 107 cm³/mol. The van der Waals surface area contributed by atoms with Crippen molar-refractivity contribution < 1.29 is 18.3 Å². The minimum atomic E-state index is -0.732. The summed E-state index contributed by atoms with van der Waals surface area (Å²) in [6.45, 7) is 1.84. The number of carbonyl (C=O) groups is 1. The zero-order valence-electron chi connectivity index (χ0n) is 16.7. The van der Waals surface area contributed by atoms with Crippen molar-refractivity contribution in [2.45, 2.75) is 31.5 Å². The average molecular weight is 425 g/mol. The summed E-state index contributed by atoms with van der Waals surface area (Å²) in [4.78, 5) is 21.8. The van der Waals surface area contributed by atoms with Crippen LogP contribution in [0.4, 0.5) is 14.6 Å². The van der Waals surface area contributed by atoms with Crippen LogP contribution in [0.5, 0.6) is 0 Å². The number of hydrogen-bond acceptors (Lipinski definition) is 5. The third kappa shape index (κ3) is 2.83. The SMILES string of the molecule is O=C1N2C(c3cc(F)cc(F)c3)OC[C@H]2CC12CCN(c1ccnc3ccnn13)CC2. The number of nitrogens with zero attached hydrogens (tertiary/aromatic N) is 5. The molecule has 9 heteroatoms. The molecule has 1 amide bonds. The Morgan fingerprint density at radius 3 is 2.61 bits per heavy atom. The minimum absolute atomic E-state index is 0.0308. The third-order valence-corrected chi connectivity index (χ3v) is 6.89. The molecule has 1 unspecified atom stereocenters. The highest BCUT2D eigenvalue weighted by Gasteiger charge is 2.57. The molecule has 0 radical (unpaired) electrons. The molecule has 2 atom stereocenters. The summed E-state index contributed by atoms with van der Waals surface area (Å²) in [5, 5.41) is 4.36. The van der Waals surface area contributed by atoms with Gasteiger partial charge in [-0.15, -0.1) is 0 Å². The van der Waals surface area contributed by atoms with Gasteiger partial charge in [-0.05, 0) is 37.5 Å². The van der Waals surface area contributed by atoms with Gasteiger partial charge < -0.3 is 14.5 Å². The predicted octanol–water partition coefficient (Wildman–Crippen LogP) is 2.92. The molecule has 3 aromatic rings.